The minimum absolute atomic E-state index is 0.0190. The number of halogens is 2. The molecule has 2 aromatic rings. The van der Waals surface area contributed by atoms with Crippen LogP contribution in [-0.2, 0) is 11.3 Å². The Morgan fingerprint density at radius 2 is 1.81 bits per heavy atom. The van der Waals surface area contributed by atoms with Crippen LogP contribution in [0.25, 0.3) is 0 Å². The van der Waals surface area contributed by atoms with Crippen molar-refractivity contribution in [3.8, 4) is 0 Å². The normalized spacial score (nSPS) is 21.5. The van der Waals surface area contributed by atoms with Crippen molar-refractivity contribution in [2.75, 3.05) is 18.4 Å². The predicted octanol–water partition coefficient (Wildman–Crippen LogP) is 4.21. The molecule has 26 heavy (non-hydrogen) atoms. The summed E-state index contributed by atoms with van der Waals surface area (Å²) in [6.45, 7) is 2.93. The highest BCUT2D eigenvalue weighted by atomic mass is 19.2. The topological polar surface area (TPSA) is 32.3 Å². The van der Waals surface area contributed by atoms with E-state index in [0.717, 1.165) is 51.0 Å². The summed E-state index contributed by atoms with van der Waals surface area (Å²) in [5.41, 5.74) is 1.72. The first-order valence-electron chi connectivity index (χ1n) is 9.08. The van der Waals surface area contributed by atoms with Crippen molar-refractivity contribution in [2.45, 2.75) is 25.8 Å². The maximum atomic E-state index is 13.3. The van der Waals surface area contributed by atoms with Gasteiger partial charge in [0.15, 0.2) is 11.6 Å². The van der Waals surface area contributed by atoms with Crippen molar-refractivity contribution in [1.29, 1.82) is 0 Å². The van der Waals surface area contributed by atoms with Gasteiger partial charge in [-0.1, -0.05) is 30.3 Å². The number of amides is 1. The Morgan fingerprint density at radius 3 is 2.50 bits per heavy atom. The minimum atomic E-state index is -0.942. The van der Waals surface area contributed by atoms with Gasteiger partial charge in [-0.25, -0.2) is 8.78 Å². The molecule has 1 saturated carbocycles. The maximum absolute atomic E-state index is 13.3. The summed E-state index contributed by atoms with van der Waals surface area (Å²) in [4.78, 5) is 14.9. The van der Waals surface area contributed by atoms with E-state index < -0.39 is 11.6 Å². The first-order valence-corrected chi connectivity index (χ1v) is 9.08. The van der Waals surface area contributed by atoms with Gasteiger partial charge in [0.1, 0.15) is 0 Å². The number of carbonyl (C=O) groups excluding carboxylic acids is 1. The van der Waals surface area contributed by atoms with E-state index >= 15 is 0 Å². The van der Waals surface area contributed by atoms with Gasteiger partial charge in [0.25, 0.3) is 0 Å². The van der Waals surface area contributed by atoms with E-state index in [9.17, 15) is 13.6 Å². The van der Waals surface area contributed by atoms with Gasteiger partial charge in [-0.15, -0.1) is 0 Å². The zero-order valence-corrected chi connectivity index (χ0v) is 14.6. The lowest BCUT2D eigenvalue weighted by atomic mass is 9.90. The second-order valence-electron chi connectivity index (χ2n) is 7.50. The van der Waals surface area contributed by atoms with E-state index in [4.69, 9.17) is 0 Å². The van der Waals surface area contributed by atoms with Crippen molar-refractivity contribution >= 4 is 11.6 Å². The summed E-state index contributed by atoms with van der Waals surface area (Å²) in [6.07, 6.45) is 2.91. The molecule has 1 heterocycles. The second-order valence-corrected chi connectivity index (χ2v) is 7.50. The summed E-state index contributed by atoms with van der Waals surface area (Å²) in [5.74, 6) is -1.94. The van der Waals surface area contributed by atoms with Crippen LogP contribution in [-0.4, -0.2) is 23.9 Å². The standard InChI is InChI=1S/C21H22F2N2O/c22-18-7-6-16(12-19(18)23)24-20(26)17-13-21(17)8-10-25(11-9-21)14-15-4-2-1-3-5-15/h1-7,12,17H,8-11,13-14H2,(H,24,26)/t17-/m0/s1. The molecule has 2 aromatic carbocycles. The van der Waals surface area contributed by atoms with Gasteiger partial charge in [-0.2, -0.15) is 0 Å². The Balaban J connectivity index is 1.30. The Labute approximate surface area is 152 Å². The first-order chi connectivity index (χ1) is 12.6. The number of piperidine rings is 1. The number of nitrogens with one attached hydrogen (secondary N) is 1. The monoisotopic (exact) mass is 356 g/mol. The number of nitrogens with zero attached hydrogens (tertiary/aromatic N) is 1. The van der Waals surface area contributed by atoms with Crippen LogP contribution in [0.4, 0.5) is 14.5 Å². The van der Waals surface area contributed by atoms with Crippen LogP contribution in [0.2, 0.25) is 0 Å². The first kappa shape index (κ1) is 17.2. The number of hydrogen-bond acceptors (Lipinski definition) is 2. The van der Waals surface area contributed by atoms with Crippen molar-refractivity contribution in [3.05, 3.63) is 65.7 Å². The van der Waals surface area contributed by atoms with E-state index in [-0.39, 0.29) is 17.2 Å². The molecule has 1 aliphatic carbocycles. The fourth-order valence-corrected chi connectivity index (χ4v) is 4.07. The lowest BCUT2D eigenvalue weighted by Gasteiger charge is -2.32. The third-order valence-corrected chi connectivity index (χ3v) is 5.79. The number of carbonyl (C=O) groups is 1. The molecule has 2 aliphatic rings. The number of anilines is 1. The highest BCUT2D eigenvalue weighted by Gasteiger charge is 2.58. The lowest BCUT2D eigenvalue weighted by molar-refractivity contribution is -0.118. The fourth-order valence-electron chi connectivity index (χ4n) is 4.07. The summed E-state index contributed by atoms with van der Waals surface area (Å²) in [6, 6.07) is 13.9. The van der Waals surface area contributed by atoms with E-state index in [0.29, 0.717) is 5.69 Å². The molecule has 2 fully saturated rings. The molecule has 4 rings (SSSR count). The molecular weight excluding hydrogens is 334 g/mol. The molecule has 1 spiro atoms. The molecule has 1 aliphatic heterocycles. The van der Waals surface area contributed by atoms with Gasteiger partial charge in [-0.05, 0) is 55.5 Å². The lowest BCUT2D eigenvalue weighted by Crippen LogP contribution is -2.35. The Bertz CT molecular complexity index is 801. The Kier molecular flexibility index (Phi) is 4.49. The Morgan fingerprint density at radius 1 is 1.08 bits per heavy atom. The summed E-state index contributed by atoms with van der Waals surface area (Å²) in [7, 11) is 0. The van der Waals surface area contributed by atoms with Crippen molar-refractivity contribution < 1.29 is 13.6 Å². The zero-order valence-electron chi connectivity index (χ0n) is 14.6. The SMILES string of the molecule is O=C(Nc1ccc(F)c(F)c1)[C@@H]1CC12CCN(Cc1ccccc1)CC2. The second kappa shape index (κ2) is 6.80. The summed E-state index contributed by atoms with van der Waals surface area (Å²) < 4.78 is 26.3. The highest BCUT2D eigenvalue weighted by molar-refractivity contribution is 5.95. The molecule has 0 bridgehead atoms. The molecule has 136 valence electrons. The zero-order chi connectivity index (χ0) is 18.1. The van der Waals surface area contributed by atoms with Gasteiger partial charge >= 0.3 is 0 Å². The molecule has 1 amide bonds. The smallest absolute Gasteiger partial charge is 0.228 e. The minimum Gasteiger partial charge on any atom is -0.326 e. The number of likely N-dealkylation sites (tertiary alicyclic amines) is 1. The van der Waals surface area contributed by atoms with E-state index in [1.807, 2.05) is 6.07 Å². The van der Waals surface area contributed by atoms with Gasteiger partial charge in [-0.3, -0.25) is 9.69 Å². The van der Waals surface area contributed by atoms with E-state index in [1.165, 1.54) is 11.6 Å². The number of benzene rings is 2. The molecule has 0 unspecified atom stereocenters. The van der Waals surface area contributed by atoms with E-state index in [1.54, 1.807) is 0 Å². The third-order valence-electron chi connectivity index (χ3n) is 5.79. The summed E-state index contributed by atoms with van der Waals surface area (Å²) in [5, 5.41) is 2.74. The average Bonchev–Trinajstić information content (AvgIpc) is 3.35. The number of hydrogen-bond donors (Lipinski definition) is 1. The molecule has 0 aromatic heterocycles. The van der Waals surface area contributed by atoms with Crippen molar-refractivity contribution in [2.24, 2.45) is 11.3 Å². The van der Waals surface area contributed by atoms with E-state index in [2.05, 4.69) is 34.5 Å². The van der Waals surface area contributed by atoms with Crippen LogP contribution in [0.1, 0.15) is 24.8 Å². The molecule has 1 atom stereocenters. The quantitative estimate of drug-likeness (QED) is 0.890. The van der Waals surface area contributed by atoms with Crippen molar-refractivity contribution in [1.82, 2.24) is 4.90 Å². The molecule has 5 heteroatoms. The third kappa shape index (κ3) is 3.49. The predicted molar refractivity (Wildman–Crippen MR) is 96.5 cm³/mol. The molecular formula is C21H22F2N2O. The molecule has 1 N–H and O–H groups in total. The number of rotatable bonds is 4. The van der Waals surface area contributed by atoms with Gasteiger partial charge < -0.3 is 5.32 Å². The van der Waals surface area contributed by atoms with Gasteiger partial charge in [0.2, 0.25) is 5.91 Å². The van der Waals surface area contributed by atoms with Crippen LogP contribution >= 0.6 is 0 Å². The van der Waals surface area contributed by atoms with Gasteiger partial charge in [0, 0.05) is 24.2 Å². The average molecular weight is 356 g/mol. The van der Waals surface area contributed by atoms with Crippen LogP contribution < -0.4 is 5.32 Å². The van der Waals surface area contributed by atoms with Crippen LogP contribution in [0.15, 0.2) is 48.5 Å². The molecule has 3 nitrogen and oxygen atoms in total. The van der Waals surface area contributed by atoms with Crippen LogP contribution in [0.5, 0.6) is 0 Å². The summed E-state index contributed by atoms with van der Waals surface area (Å²) >= 11 is 0. The largest absolute Gasteiger partial charge is 0.326 e. The maximum Gasteiger partial charge on any atom is 0.228 e. The Hall–Kier alpha value is -2.27. The van der Waals surface area contributed by atoms with Crippen molar-refractivity contribution in [3.63, 3.8) is 0 Å². The molecule has 0 radical (unpaired) electrons. The molecule has 1 saturated heterocycles. The van der Waals surface area contributed by atoms with Crippen LogP contribution in [0.3, 0.4) is 0 Å². The highest BCUT2D eigenvalue weighted by Crippen LogP contribution is 2.59. The van der Waals surface area contributed by atoms with Crippen LogP contribution in [0, 0.1) is 23.0 Å². The fraction of sp³-hybridized carbons (Fsp3) is 0.381. The van der Waals surface area contributed by atoms with Gasteiger partial charge in [0.05, 0.1) is 0 Å².